The molecule has 0 spiro atoms. The average Bonchev–Trinajstić information content (AvgIpc) is 3.32. The second kappa shape index (κ2) is 9.25. The van der Waals surface area contributed by atoms with Gasteiger partial charge >= 0.3 is 5.97 Å². The fourth-order valence-electron chi connectivity index (χ4n) is 3.18. The lowest BCUT2D eigenvalue weighted by atomic mass is 10.1. The average molecular weight is 413 g/mol. The monoisotopic (exact) mass is 413 g/mol. The van der Waals surface area contributed by atoms with Crippen molar-refractivity contribution in [1.82, 2.24) is 9.88 Å². The third kappa shape index (κ3) is 4.86. The SMILES string of the molecule is CCOc1ccc(N2CC(C(=O)OCC(=O)NC(=O)c3cccn3C)CC2=O)cc1. The Bertz CT molecular complexity index is 950. The van der Waals surface area contributed by atoms with Gasteiger partial charge in [0.1, 0.15) is 11.4 Å². The largest absolute Gasteiger partial charge is 0.494 e. The van der Waals surface area contributed by atoms with Crippen LogP contribution in [-0.2, 0) is 26.2 Å². The van der Waals surface area contributed by atoms with E-state index in [1.54, 1.807) is 54.2 Å². The van der Waals surface area contributed by atoms with Gasteiger partial charge in [-0.05, 0) is 43.3 Å². The van der Waals surface area contributed by atoms with Gasteiger partial charge < -0.3 is 18.9 Å². The molecule has 0 bridgehead atoms. The summed E-state index contributed by atoms with van der Waals surface area (Å²) in [6.07, 6.45) is 1.67. The number of ether oxygens (including phenoxy) is 2. The maximum Gasteiger partial charge on any atom is 0.311 e. The summed E-state index contributed by atoms with van der Waals surface area (Å²) in [6.45, 7) is 1.99. The number of rotatable bonds is 7. The number of hydrogen-bond acceptors (Lipinski definition) is 6. The van der Waals surface area contributed by atoms with Crippen molar-refractivity contribution in [2.24, 2.45) is 13.0 Å². The van der Waals surface area contributed by atoms with Crippen LogP contribution in [0.25, 0.3) is 0 Å². The predicted molar refractivity (Wildman–Crippen MR) is 107 cm³/mol. The van der Waals surface area contributed by atoms with Crippen molar-refractivity contribution in [3.8, 4) is 5.75 Å². The third-order valence-electron chi connectivity index (χ3n) is 4.69. The van der Waals surface area contributed by atoms with Crippen LogP contribution < -0.4 is 15.0 Å². The van der Waals surface area contributed by atoms with E-state index in [1.165, 1.54) is 4.90 Å². The van der Waals surface area contributed by atoms with Gasteiger partial charge in [-0.25, -0.2) is 0 Å². The van der Waals surface area contributed by atoms with Crippen LogP contribution >= 0.6 is 0 Å². The first-order chi connectivity index (χ1) is 14.4. The fourth-order valence-corrected chi connectivity index (χ4v) is 3.18. The van der Waals surface area contributed by atoms with E-state index in [0.29, 0.717) is 23.7 Å². The second-order valence-electron chi connectivity index (χ2n) is 6.82. The van der Waals surface area contributed by atoms with Crippen molar-refractivity contribution in [1.29, 1.82) is 0 Å². The maximum absolute atomic E-state index is 12.3. The molecule has 1 N–H and O–H groups in total. The molecule has 1 atom stereocenters. The molecule has 1 fully saturated rings. The molecule has 9 nitrogen and oxygen atoms in total. The van der Waals surface area contributed by atoms with Gasteiger partial charge in [0.2, 0.25) is 5.91 Å². The zero-order valence-corrected chi connectivity index (χ0v) is 16.8. The number of carbonyl (C=O) groups excluding carboxylic acids is 4. The molecule has 1 aromatic carbocycles. The van der Waals surface area contributed by atoms with Gasteiger partial charge in [0, 0.05) is 31.9 Å². The summed E-state index contributed by atoms with van der Waals surface area (Å²) in [4.78, 5) is 50.0. The molecule has 158 valence electrons. The van der Waals surface area contributed by atoms with Crippen molar-refractivity contribution in [2.75, 3.05) is 24.7 Å². The van der Waals surface area contributed by atoms with Gasteiger partial charge in [0.05, 0.1) is 12.5 Å². The summed E-state index contributed by atoms with van der Waals surface area (Å²) < 4.78 is 12.0. The van der Waals surface area contributed by atoms with E-state index in [2.05, 4.69) is 5.32 Å². The number of carbonyl (C=O) groups is 4. The second-order valence-corrected chi connectivity index (χ2v) is 6.82. The lowest BCUT2D eigenvalue weighted by Gasteiger charge is -2.17. The number of nitrogens with zero attached hydrogens (tertiary/aromatic N) is 2. The quantitative estimate of drug-likeness (QED) is 0.686. The first kappa shape index (κ1) is 21.1. The number of esters is 1. The number of nitrogens with one attached hydrogen (secondary N) is 1. The van der Waals surface area contributed by atoms with Crippen molar-refractivity contribution in [3.05, 3.63) is 48.3 Å². The first-order valence-electron chi connectivity index (χ1n) is 9.54. The van der Waals surface area contributed by atoms with Gasteiger partial charge in [0.25, 0.3) is 11.8 Å². The lowest BCUT2D eigenvalue weighted by Crippen LogP contribution is -2.36. The predicted octanol–water partition coefficient (Wildman–Crippen LogP) is 1.28. The van der Waals surface area contributed by atoms with Crippen molar-refractivity contribution < 1.29 is 28.7 Å². The number of amides is 3. The molecular formula is C21H23N3O6. The zero-order chi connectivity index (χ0) is 21.7. The third-order valence-corrected chi connectivity index (χ3v) is 4.69. The van der Waals surface area contributed by atoms with Crippen LogP contribution in [0.3, 0.4) is 0 Å². The number of anilines is 1. The molecule has 2 aromatic rings. The van der Waals surface area contributed by atoms with Crippen LogP contribution in [0.15, 0.2) is 42.6 Å². The molecular weight excluding hydrogens is 390 g/mol. The highest BCUT2D eigenvalue weighted by Gasteiger charge is 2.36. The van der Waals surface area contributed by atoms with E-state index in [0.717, 1.165) is 0 Å². The molecule has 9 heteroatoms. The molecule has 0 radical (unpaired) electrons. The molecule has 1 aromatic heterocycles. The summed E-state index contributed by atoms with van der Waals surface area (Å²) in [6, 6.07) is 10.2. The van der Waals surface area contributed by atoms with Gasteiger partial charge in [0.15, 0.2) is 6.61 Å². The first-order valence-corrected chi connectivity index (χ1v) is 9.54. The van der Waals surface area contributed by atoms with E-state index in [4.69, 9.17) is 9.47 Å². The van der Waals surface area contributed by atoms with Crippen LogP contribution in [0.4, 0.5) is 5.69 Å². The van der Waals surface area contributed by atoms with Crippen molar-refractivity contribution >= 4 is 29.4 Å². The lowest BCUT2D eigenvalue weighted by molar-refractivity contribution is -0.152. The Balaban J connectivity index is 1.50. The van der Waals surface area contributed by atoms with E-state index >= 15 is 0 Å². The highest BCUT2D eigenvalue weighted by Crippen LogP contribution is 2.27. The molecule has 2 heterocycles. The molecule has 3 rings (SSSR count). The van der Waals surface area contributed by atoms with E-state index < -0.39 is 30.3 Å². The Morgan fingerprint density at radius 2 is 1.90 bits per heavy atom. The van der Waals surface area contributed by atoms with Gasteiger partial charge in [-0.2, -0.15) is 0 Å². The summed E-state index contributed by atoms with van der Waals surface area (Å²) >= 11 is 0. The molecule has 30 heavy (non-hydrogen) atoms. The Morgan fingerprint density at radius 1 is 1.17 bits per heavy atom. The summed E-state index contributed by atoms with van der Waals surface area (Å²) in [7, 11) is 1.67. The Labute approximate surface area is 173 Å². The van der Waals surface area contributed by atoms with Gasteiger partial charge in [-0.15, -0.1) is 0 Å². The van der Waals surface area contributed by atoms with Gasteiger partial charge in [-0.3, -0.25) is 24.5 Å². The molecule has 1 saturated heterocycles. The maximum atomic E-state index is 12.3. The van der Waals surface area contributed by atoms with Crippen LogP contribution in [-0.4, -0.2) is 48.0 Å². The van der Waals surface area contributed by atoms with Crippen LogP contribution in [0.2, 0.25) is 0 Å². The standard InChI is InChI=1S/C21H23N3O6/c1-3-29-16-8-6-15(7-9-16)24-12-14(11-19(24)26)21(28)30-13-18(25)22-20(27)17-5-4-10-23(17)2/h4-10,14H,3,11-13H2,1-2H3,(H,22,25,27). The van der Waals surface area contributed by atoms with Crippen molar-refractivity contribution in [3.63, 3.8) is 0 Å². The Kier molecular flexibility index (Phi) is 6.51. The zero-order valence-electron chi connectivity index (χ0n) is 16.8. The number of aromatic nitrogens is 1. The molecule has 1 aliphatic heterocycles. The highest BCUT2D eigenvalue weighted by molar-refractivity contribution is 6.04. The normalized spacial score (nSPS) is 15.7. The number of benzene rings is 1. The highest BCUT2D eigenvalue weighted by atomic mass is 16.5. The Hall–Kier alpha value is -3.62. The minimum absolute atomic E-state index is 0.00402. The van der Waals surface area contributed by atoms with Crippen molar-refractivity contribution in [2.45, 2.75) is 13.3 Å². The summed E-state index contributed by atoms with van der Waals surface area (Å²) in [5.74, 6) is -2.16. The molecule has 1 unspecified atom stereocenters. The van der Waals surface area contributed by atoms with Crippen LogP contribution in [0.1, 0.15) is 23.8 Å². The number of imide groups is 1. The van der Waals surface area contributed by atoms with Crippen LogP contribution in [0.5, 0.6) is 5.75 Å². The molecule has 1 aliphatic rings. The Morgan fingerprint density at radius 3 is 2.53 bits per heavy atom. The minimum Gasteiger partial charge on any atom is -0.494 e. The molecule has 0 saturated carbocycles. The smallest absolute Gasteiger partial charge is 0.311 e. The van der Waals surface area contributed by atoms with E-state index in [9.17, 15) is 19.2 Å². The van der Waals surface area contributed by atoms with E-state index in [1.807, 2.05) is 6.92 Å². The fraction of sp³-hybridized carbons (Fsp3) is 0.333. The number of aryl methyl sites for hydroxylation is 1. The summed E-state index contributed by atoms with van der Waals surface area (Å²) in [5, 5.41) is 2.16. The molecule has 0 aliphatic carbocycles. The summed E-state index contributed by atoms with van der Waals surface area (Å²) in [5.41, 5.74) is 0.965. The number of hydrogen-bond donors (Lipinski definition) is 1. The topological polar surface area (TPSA) is 107 Å². The van der Waals surface area contributed by atoms with Gasteiger partial charge in [-0.1, -0.05) is 0 Å². The minimum atomic E-state index is -0.734. The van der Waals surface area contributed by atoms with E-state index in [-0.39, 0.29) is 18.9 Å². The van der Waals surface area contributed by atoms with Crippen LogP contribution in [0, 0.1) is 5.92 Å². The molecule has 3 amide bonds.